The highest BCUT2D eigenvalue weighted by atomic mass is 16.5. The van der Waals surface area contributed by atoms with Crippen molar-refractivity contribution in [2.24, 2.45) is 0 Å². The Bertz CT molecular complexity index is 522. The summed E-state index contributed by atoms with van der Waals surface area (Å²) in [5.74, 6) is 0.755. The second-order valence-electron chi connectivity index (χ2n) is 4.55. The molecule has 0 radical (unpaired) electrons. The van der Waals surface area contributed by atoms with Gasteiger partial charge in [0.15, 0.2) is 0 Å². The molecule has 2 rings (SSSR count). The van der Waals surface area contributed by atoms with Crippen molar-refractivity contribution in [1.29, 1.82) is 0 Å². The summed E-state index contributed by atoms with van der Waals surface area (Å²) in [5.41, 5.74) is 0.847. The Kier molecular flexibility index (Phi) is 5.19. The number of aliphatic hydroxyl groups excluding tert-OH is 2. The van der Waals surface area contributed by atoms with Crippen molar-refractivity contribution in [2.75, 3.05) is 13.2 Å². The predicted octanol–water partition coefficient (Wildman–Crippen LogP) is 2.87. The van der Waals surface area contributed by atoms with E-state index in [0.29, 0.717) is 6.61 Å². The van der Waals surface area contributed by atoms with Gasteiger partial charge < -0.3 is 14.9 Å². The minimum Gasteiger partial charge on any atom is -0.493 e. The van der Waals surface area contributed by atoms with Crippen LogP contribution in [0, 0.1) is 0 Å². The second-order valence-corrected chi connectivity index (χ2v) is 4.55. The van der Waals surface area contributed by atoms with Gasteiger partial charge >= 0.3 is 0 Å². The minimum absolute atomic E-state index is 0.0205. The molecule has 0 heterocycles. The van der Waals surface area contributed by atoms with Gasteiger partial charge in [-0.05, 0) is 36.1 Å². The van der Waals surface area contributed by atoms with Gasteiger partial charge in [0.2, 0.25) is 0 Å². The number of benzene rings is 2. The van der Waals surface area contributed by atoms with Crippen LogP contribution in [0.4, 0.5) is 0 Å². The smallest absolute Gasteiger partial charge is 0.125 e. The number of hydrogen-bond acceptors (Lipinski definition) is 3. The van der Waals surface area contributed by atoms with E-state index in [-0.39, 0.29) is 13.2 Å². The molecule has 2 N–H and O–H groups in total. The Labute approximate surface area is 113 Å². The number of aliphatic hydroxyl groups is 2. The summed E-state index contributed by atoms with van der Waals surface area (Å²) in [6.45, 7) is 0.830. The van der Waals surface area contributed by atoms with E-state index in [1.54, 1.807) is 0 Å². The predicted molar refractivity (Wildman–Crippen MR) is 76.3 cm³/mol. The van der Waals surface area contributed by atoms with Crippen molar-refractivity contribution in [3.05, 3.63) is 42.0 Å². The van der Waals surface area contributed by atoms with E-state index < -0.39 is 0 Å². The van der Waals surface area contributed by atoms with Crippen LogP contribution >= 0.6 is 0 Å². The van der Waals surface area contributed by atoms with Crippen LogP contribution in [0.2, 0.25) is 0 Å². The van der Waals surface area contributed by atoms with Crippen LogP contribution in [0.15, 0.2) is 36.4 Å². The largest absolute Gasteiger partial charge is 0.493 e. The van der Waals surface area contributed by atoms with E-state index in [4.69, 9.17) is 9.84 Å². The van der Waals surface area contributed by atoms with Crippen LogP contribution in [0.3, 0.4) is 0 Å². The maximum atomic E-state index is 9.54. The molecule has 0 fully saturated rings. The molecular formula is C16H20O3. The zero-order chi connectivity index (χ0) is 13.5. The van der Waals surface area contributed by atoms with Gasteiger partial charge in [0, 0.05) is 12.2 Å². The number of unbranched alkanes of at least 4 members (excludes halogenated alkanes) is 2. The van der Waals surface area contributed by atoms with Crippen LogP contribution < -0.4 is 4.74 Å². The van der Waals surface area contributed by atoms with E-state index in [9.17, 15) is 5.11 Å². The van der Waals surface area contributed by atoms with Gasteiger partial charge in [0.1, 0.15) is 5.75 Å². The van der Waals surface area contributed by atoms with Gasteiger partial charge in [-0.1, -0.05) is 30.3 Å². The number of rotatable bonds is 7. The van der Waals surface area contributed by atoms with Crippen LogP contribution in [-0.2, 0) is 6.61 Å². The lowest BCUT2D eigenvalue weighted by Gasteiger charge is -2.12. The first kappa shape index (κ1) is 13.8. The lowest BCUT2D eigenvalue weighted by atomic mass is 10.0. The van der Waals surface area contributed by atoms with Crippen molar-refractivity contribution in [1.82, 2.24) is 0 Å². The molecule has 0 aliphatic heterocycles. The quantitative estimate of drug-likeness (QED) is 0.753. The van der Waals surface area contributed by atoms with E-state index in [0.717, 1.165) is 41.3 Å². The summed E-state index contributed by atoms with van der Waals surface area (Å²) < 4.78 is 5.74. The fourth-order valence-electron chi connectivity index (χ4n) is 2.19. The van der Waals surface area contributed by atoms with Gasteiger partial charge in [-0.3, -0.25) is 0 Å². The molecule has 19 heavy (non-hydrogen) atoms. The van der Waals surface area contributed by atoms with Crippen LogP contribution in [-0.4, -0.2) is 23.4 Å². The van der Waals surface area contributed by atoms with Gasteiger partial charge in [-0.15, -0.1) is 0 Å². The van der Waals surface area contributed by atoms with Gasteiger partial charge in [-0.25, -0.2) is 0 Å². The number of fused-ring (bicyclic) bond motifs is 1. The van der Waals surface area contributed by atoms with Gasteiger partial charge in [0.05, 0.1) is 13.2 Å². The average molecular weight is 260 g/mol. The summed E-state index contributed by atoms with van der Waals surface area (Å²) >= 11 is 0. The Morgan fingerprint density at radius 3 is 2.53 bits per heavy atom. The summed E-state index contributed by atoms with van der Waals surface area (Å²) in [7, 11) is 0. The van der Waals surface area contributed by atoms with Crippen LogP contribution in [0.5, 0.6) is 5.75 Å². The third kappa shape index (κ3) is 3.46. The Balaban J connectivity index is 2.10. The molecule has 2 aromatic rings. The highest BCUT2D eigenvalue weighted by molar-refractivity contribution is 5.87. The third-order valence-electron chi connectivity index (χ3n) is 3.22. The lowest BCUT2D eigenvalue weighted by molar-refractivity contribution is 0.253. The normalized spacial score (nSPS) is 10.8. The molecule has 3 heteroatoms. The van der Waals surface area contributed by atoms with Crippen molar-refractivity contribution >= 4 is 10.8 Å². The molecule has 2 aromatic carbocycles. The first-order valence-electron chi connectivity index (χ1n) is 6.72. The zero-order valence-electron chi connectivity index (χ0n) is 11.0. The van der Waals surface area contributed by atoms with E-state index in [1.165, 1.54) is 0 Å². The molecule has 0 aliphatic carbocycles. The molecule has 0 bridgehead atoms. The maximum absolute atomic E-state index is 9.54. The Hall–Kier alpha value is -1.58. The van der Waals surface area contributed by atoms with Gasteiger partial charge in [-0.2, -0.15) is 0 Å². The highest BCUT2D eigenvalue weighted by Crippen LogP contribution is 2.28. The Morgan fingerprint density at radius 1 is 0.895 bits per heavy atom. The van der Waals surface area contributed by atoms with Crippen molar-refractivity contribution in [3.8, 4) is 5.75 Å². The molecule has 0 spiro atoms. The molecule has 0 aliphatic rings. The molecule has 102 valence electrons. The number of ether oxygens (including phenoxy) is 1. The molecule has 0 saturated heterocycles. The summed E-state index contributed by atoms with van der Waals surface area (Å²) in [4.78, 5) is 0. The molecule has 0 atom stereocenters. The molecule has 0 unspecified atom stereocenters. The topological polar surface area (TPSA) is 49.7 Å². The van der Waals surface area contributed by atoms with Crippen LogP contribution in [0.1, 0.15) is 24.8 Å². The second kappa shape index (κ2) is 7.12. The molecule has 0 aromatic heterocycles. The zero-order valence-corrected chi connectivity index (χ0v) is 11.0. The molecular weight excluding hydrogens is 240 g/mol. The van der Waals surface area contributed by atoms with E-state index in [2.05, 4.69) is 0 Å². The standard InChI is InChI=1S/C16H20O3/c17-10-4-1-5-11-19-16-9-8-13-6-2-3-7-14(13)15(16)12-18/h2-3,6-9,17-18H,1,4-5,10-12H2. The van der Waals surface area contributed by atoms with Crippen LogP contribution in [0.25, 0.3) is 10.8 Å². The summed E-state index contributed by atoms with van der Waals surface area (Å²) in [6.07, 6.45) is 2.69. The van der Waals surface area contributed by atoms with Crippen molar-refractivity contribution < 1.29 is 14.9 Å². The van der Waals surface area contributed by atoms with Crippen molar-refractivity contribution in [2.45, 2.75) is 25.9 Å². The summed E-state index contributed by atoms with van der Waals surface area (Å²) in [5, 5.41) is 20.4. The van der Waals surface area contributed by atoms with Crippen molar-refractivity contribution in [3.63, 3.8) is 0 Å². The third-order valence-corrected chi connectivity index (χ3v) is 3.22. The lowest BCUT2D eigenvalue weighted by Crippen LogP contribution is -2.01. The molecule has 3 nitrogen and oxygen atoms in total. The molecule has 0 amide bonds. The molecule has 0 saturated carbocycles. The average Bonchev–Trinajstić information content (AvgIpc) is 2.46. The first-order valence-corrected chi connectivity index (χ1v) is 6.72. The van der Waals surface area contributed by atoms with E-state index in [1.807, 2.05) is 36.4 Å². The number of hydrogen-bond donors (Lipinski definition) is 2. The highest BCUT2D eigenvalue weighted by Gasteiger charge is 2.07. The first-order chi connectivity index (χ1) is 9.36. The minimum atomic E-state index is -0.0205. The Morgan fingerprint density at radius 2 is 1.74 bits per heavy atom. The fourth-order valence-corrected chi connectivity index (χ4v) is 2.19. The summed E-state index contributed by atoms with van der Waals surface area (Å²) in [6, 6.07) is 11.9. The van der Waals surface area contributed by atoms with E-state index >= 15 is 0 Å². The fraction of sp³-hybridized carbons (Fsp3) is 0.375. The monoisotopic (exact) mass is 260 g/mol. The maximum Gasteiger partial charge on any atom is 0.125 e. The van der Waals surface area contributed by atoms with Gasteiger partial charge in [0.25, 0.3) is 0 Å². The SMILES string of the molecule is OCCCCCOc1ccc2ccccc2c1CO.